The van der Waals surface area contributed by atoms with Crippen LogP contribution >= 0.6 is 0 Å². The summed E-state index contributed by atoms with van der Waals surface area (Å²) in [5, 5.41) is 95.1. The fourth-order valence-electron chi connectivity index (χ4n) is 14.4. The Morgan fingerprint density at radius 3 is 2.03 bits per heavy atom. The first-order valence-electron chi connectivity index (χ1n) is 23.2. The summed E-state index contributed by atoms with van der Waals surface area (Å²) >= 11 is 0. The monoisotopic (exact) mass is 872 g/mol. The first-order chi connectivity index (χ1) is 29.0. The van der Waals surface area contributed by atoms with Crippen LogP contribution in [0.1, 0.15) is 91.9 Å². The van der Waals surface area contributed by atoms with Gasteiger partial charge in [-0.15, -0.1) is 0 Å². The van der Waals surface area contributed by atoms with Crippen LogP contribution in [0.5, 0.6) is 0 Å². The van der Waals surface area contributed by atoms with Crippen LogP contribution in [-0.4, -0.2) is 176 Å². The molecular formula is C44H72O17. The van der Waals surface area contributed by atoms with E-state index in [0.717, 1.165) is 51.6 Å². The van der Waals surface area contributed by atoms with Crippen LogP contribution in [0.15, 0.2) is 0 Å². The van der Waals surface area contributed by atoms with Crippen LogP contribution in [0.25, 0.3) is 0 Å². The summed E-state index contributed by atoms with van der Waals surface area (Å²) in [5.41, 5.74) is 0.315. The lowest BCUT2D eigenvalue weighted by molar-refractivity contribution is -0.388. The highest BCUT2D eigenvalue weighted by atomic mass is 16.8. The molecule has 0 radical (unpaired) electrons. The average Bonchev–Trinajstić information content (AvgIpc) is 3.69. The molecule has 5 aliphatic heterocycles. The van der Waals surface area contributed by atoms with Crippen LogP contribution in [0.2, 0.25) is 0 Å². The smallest absolute Gasteiger partial charge is 0.187 e. The number of aliphatic hydroxyl groups excluding tert-OH is 9. The van der Waals surface area contributed by atoms with E-state index in [1.165, 1.54) is 12.8 Å². The molecule has 350 valence electrons. The zero-order chi connectivity index (χ0) is 43.3. The van der Waals surface area contributed by atoms with E-state index in [-0.39, 0.29) is 29.6 Å². The second-order valence-corrected chi connectivity index (χ2v) is 21.1. The quantitative estimate of drug-likeness (QED) is 0.145. The summed E-state index contributed by atoms with van der Waals surface area (Å²) in [7, 11) is 0. The fraction of sp³-hybridized carbons (Fsp3) is 1.00. The Morgan fingerprint density at radius 1 is 0.607 bits per heavy atom. The molecule has 9 fully saturated rings. The number of fused-ring (bicyclic) bond motifs is 7. The Balaban J connectivity index is 0.898. The number of hydrogen-bond acceptors (Lipinski definition) is 17. The van der Waals surface area contributed by atoms with E-state index in [4.69, 9.17) is 37.9 Å². The van der Waals surface area contributed by atoms with E-state index in [9.17, 15) is 46.0 Å². The average molecular weight is 873 g/mol. The van der Waals surface area contributed by atoms with E-state index in [1.54, 1.807) is 0 Å². The van der Waals surface area contributed by atoms with Gasteiger partial charge in [-0.05, 0) is 104 Å². The molecule has 26 atom stereocenters. The molecule has 0 aromatic carbocycles. The van der Waals surface area contributed by atoms with Gasteiger partial charge in [0, 0.05) is 12.3 Å². The molecule has 0 aromatic heterocycles. The molecule has 0 aromatic rings. The van der Waals surface area contributed by atoms with Gasteiger partial charge >= 0.3 is 0 Å². The predicted molar refractivity (Wildman–Crippen MR) is 210 cm³/mol. The minimum Gasteiger partial charge on any atom is -0.394 e. The summed E-state index contributed by atoms with van der Waals surface area (Å²) in [6.45, 7) is 8.71. The molecule has 17 heteroatoms. The molecule has 5 saturated heterocycles. The molecule has 4 saturated carbocycles. The third-order valence-corrected chi connectivity index (χ3v) is 17.9. The van der Waals surface area contributed by atoms with Gasteiger partial charge in [-0.3, -0.25) is 0 Å². The lowest BCUT2D eigenvalue weighted by Crippen LogP contribution is -2.66. The van der Waals surface area contributed by atoms with Crippen molar-refractivity contribution in [1.82, 2.24) is 0 Å². The van der Waals surface area contributed by atoms with Crippen molar-refractivity contribution in [2.75, 3.05) is 26.4 Å². The molecule has 0 unspecified atom stereocenters. The van der Waals surface area contributed by atoms with Crippen LogP contribution in [-0.2, 0) is 37.9 Å². The Kier molecular flexibility index (Phi) is 12.8. The van der Waals surface area contributed by atoms with Crippen molar-refractivity contribution < 1.29 is 83.9 Å². The lowest BCUT2D eigenvalue weighted by Gasteiger charge is -2.61. The van der Waals surface area contributed by atoms with Crippen LogP contribution < -0.4 is 0 Å². The van der Waals surface area contributed by atoms with Crippen molar-refractivity contribution in [1.29, 1.82) is 0 Å². The first-order valence-corrected chi connectivity index (χ1v) is 23.2. The lowest BCUT2D eigenvalue weighted by atomic mass is 9.44. The Labute approximate surface area is 357 Å². The van der Waals surface area contributed by atoms with Gasteiger partial charge < -0.3 is 83.9 Å². The summed E-state index contributed by atoms with van der Waals surface area (Å²) in [4.78, 5) is 0. The number of aliphatic hydroxyl groups is 9. The molecule has 9 aliphatic rings. The van der Waals surface area contributed by atoms with Gasteiger partial charge in [0.25, 0.3) is 0 Å². The number of rotatable bonds is 8. The molecule has 1 spiro atoms. The Bertz CT molecular complexity index is 1520. The maximum Gasteiger partial charge on any atom is 0.187 e. The molecule has 5 heterocycles. The Morgan fingerprint density at radius 2 is 1.31 bits per heavy atom. The van der Waals surface area contributed by atoms with Gasteiger partial charge in [0.05, 0.1) is 38.6 Å². The van der Waals surface area contributed by atoms with Crippen molar-refractivity contribution in [2.45, 2.75) is 196 Å². The van der Waals surface area contributed by atoms with Gasteiger partial charge in [0.2, 0.25) is 0 Å². The number of ether oxygens (including phenoxy) is 8. The second-order valence-electron chi connectivity index (χ2n) is 21.1. The summed E-state index contributed by atoms with van der Waals surface area (Å²) in [5.74, 6) is 3.16. The van der Waals surface area contributed by atoms with Crippen LogP contribution in [0.3, 0.4) is 0 Å². The van der Waals surface area contributed by atoms with E-state index < -0.39 is 105 Å². The fourth-order valence-corrected chi connectivity index (χ4v) is 14.4. The minimum atomic E-state index is -1.80. The third-order valence-electron chi connectivity index (χ3n) is 17.9. The zero-order valence-electron chi connectivity index (χ0n) is 36.0. The highest BCUT2D eigenvalue weighted by molar-refractivity contribution is 5.15. The van der Waals surface area contributed by atoms with Gasteiger partial charge in [0.1, 0.15) is 67.1 Å². The molecule has 61 heavy (non-hydrogen) atoms. The number of hydrogen-bond donors (Lipinski definition) is 9. The molecule has 9 rings (SSSR count). The summed E-state index contributed by atoms with van der Waals surface area (Å²) in [6, 6.07) is 0. The van der Waals surface area contributed by atoms with Gasteiger partial charge in [0.15, 0.2) is 24.7 Å². The molecule has 9 N–H and O–H groups in total. The third kappa shape index (κ3) is 7.58. The molecular weight excluding hydrogens is 800 g/mol. The maximum atomic E-state index is 12.0. The van der Waals surface area contributed by atoms with Crippen molar-refractivity contribution in [3.8, 4) is 0 Å². The predicted octanol–water partition coefficient (Wildman–Crippen LogP) is -0.0945. The van der Waals surface area contributed by atoms with E-state index in [1.807, 2.05) is 0 Å². The molecule has 4 aliphatic carbocycles. The van der Waals surface area contributed by atoms with Crippen molar-refractivity contribution >= 4 is 0 Å². The van der Waals surface area contributed by atoms with Gasteiger partial charge in [-0.1, -0.05) is 27.7 Å². The molecule has 17 nitrogen and oxygen atoms in total. The second kappa shape index (κ2) is 17.2. The van der Waals surface area contributed by atoms with E-state index >= 15 is 0 Å². The highest BCUT2D eigenvalue weighted by Crippen LogP contribution is 2.71. The Hall–Kier alpha value is -0.680. The van der Waals surface area contributed by atoms with E-state index in [0.29, 0.717) is 47.8 Å². The maximum absolute atomic E-state index is 12.0. The van der Waals surface area contributed by atoms with E-state index in [2.05, 4.69) is 27.7 Å². The summed E-state index contributed by atoms with van der Waals surface area (Å²) < 4.78 is 49.7. The van der Waals surface area contributed by atoms with Gasteiger partial charge in [-0.25, -0.2) is 0 Å². The van der Waals surface area contributed by atoms with Crippen LogP contribution in [0, 0.1) is 52.3 Å². The van der Waals surface area contributed by atoms with Crippen LogP contribution in [0.4, 0.5) is 0 Å². The zero-order valence-corrected chi connectivity index (χ0v) is 36.0. The van der Waals surface area contributed by atoms with Crippen molar-refractivity contribution in [2.24, 2.45) is 52.3 Å². The minimum absolute atomic E-state index is 0.100. The van der Waals surface area contributed by atoms with Crippen molar-refractivity contribution in [3.63, 3.8) is 0 Å². The highest BCUT2D eigenvalue weighted by Gasteiger charge is 2.69. The topological polar surface area (TPSA) is 256 Å². The normalized spacial score (nSPS) is 58.5. The largest absolute Gasteiger partial charge is 0.394 e. The van der Waals surface area contributed by atoms with Crippen molar-refractivity contribution in [3.05, 3.63) is 0 Å². The van der Waals surface area contributed by atoms with Gasteiger partial charge in [-0.2, -0.15) is 0 Å². The summed E-state index contributed by atoms with van der Waals surface area (Å²) in [6.07, 6.45) is -11.6. The molecule has 0 amide bonds. The molecule has 0 bridgehead atoms. The first kappa shape index (κ1) is 45.5. The SMILES string of the molecule is C[C@H]1CC[C@@]2(OC1)O[C@H]1C[C@H]3[C@@H]4CC[C@@H]5C[C@@H](O[C@@H]6O[C@H](CO)[C@@H](O[C@@H]7OC[C@H](O)[C@H](O)[C@H]7O)[C@H](O)[C@H]6O[C@@H]6O[C@H](CO)[C@@H](O)[C@H](O)[C@H]6O)CC[C@]5(C)[C@H]4CC[C@]3(C)[C@H]1[C@@H]2C. The standard InChI is InChI=1S/C44H72O17/c1-19-7-12-44(55-17-19)20(2)30-27(61-44)14-25-23-6-5-21-13-22(8-10-42(21,3)24(23)9-11-43(25,30)4)56-41-38(60-40-35(52)33(50)32(49)28(15-45)57-40)36(53)37(29(16-46)58-41)59-39-34(51)31(48)26(47)18-54-39/h19-41,45-53H,5-18H2,1-4H3/t19-,20-,21+,22-,23+,24-,25-,26-,27-,28+,29+,30-,31-,32+,33-,34+,35+,36-,37+,38+,39-,40-,41+,42-,43-,44+/m0/s1.